The van der Waals surface area contributed by atoms with Gasteiger partial charge in [0.1, 0.15) is 47.6 Å². The van der Waals surface area contributed by atoms with Crippen molar-refractivity contribution in [3.8, 4) is 27.5 Å². The van der Waals surface area contributed by atoms with Gasteiger partial charge in [-0.3, -0.25) is 24.4 Å². The summed E-state index contributed by atoms with van der Waals surface area (Å²) in [5.41, 5.74) is 2.55. The molecule has 1 saturated heterocycles. The molecule has 5 heterocycles. The lowest BCUT2D eigenvalue weighted by molar-refractivity contribution is -0.144. The van der Waals surface area contributed by atoms with Crippen molar-refractivity contribution in [3.63, 3.8) is 0 Å². The lowest BCUT2D eigenvalue weighted by Crippen LogP contribution is -2.63. The van der Waals surface area contributed by atoms with Gasteiger partial charge < -0.3 is 30.0 Å². The molecule has 324 valence electrons. The second-order valence-electron chi connectivity index (χ2n) is 16.0. The van der Waals surface area contributed by atoms with Crippen molar-refractivity contribution in [2.75, 3.05) is 39.3 Å². The van der Waals surface area contributed by atoms with Crippen LogP contribution in [-0.2, 0) is 21.5 Å². The average Bonchev–Trinajstić information content (AvgIpc) is 3.92. The summed E-state index contributed by atoms with van der Waals surface area (Å²) in [5.74, 6) is -0.610. The quantitative estimate of drug-likeness (QED) is 0.0967. The van der Waals surface area contributed by atoms with E-state index < -0.39 is 60.3 Å². The fourth-order valence-corrected chi connectivity index (χ4v) is 9.06. The molecule has 5 atom stereocenters. The second kappa shape index (κ2) is 18.6. The number of nitrogens with one attached hydrogen (secondary N) is 2. The number of aryl methyl sites for hydroxylation is 1. The Morgan fingerprint density at radius 1 is 1.05 bits per heavy atom. The number of amides is 2. The molecule has 2 aromatic carbocycles. The maximum atomic E-state index is 14.2. The van der Waals surface area contributed by atoms with Gasteiger partial charge in [-0.15, -0.1) is 11.3 Å². The molecule has 1 fully saturated rings. The number of hydrogen-bond donors (Lipinski definition) is 4. The normalized spacial score (nSPS) is 19.7. The molecule has 0 unspecified atom stereocenters. The smallest absolute Gasteiger partial charge is 0.405 e. The van der Waals surface area contributed by atoms with Gasteiger partial charge in [0, 0.05) is 73.3 Å². The van der Waals surface area contributed by atoms with Crippen molar-refractivity contribution in [2.45, 2.75) is 69.6 Å². The molecule has 17 heteroatoms. The Kier molecular flexibility index (Phi) is 13.5. The number of alkyl halides is 3. The third-order valence-electron chi connectivity index (χ3n) is 11.3. The molecule has 2 aliphatic rings. The maximum Gasteiger partial charge on any atom is 0.405 e. The highest BCUT2D eigenvalue weighted by Gasteiger charge is 2.42. The number of fused-ring (bicyclic) bond motifs is 1. The Morgan fingerprint density at radius 3 is 2.57 bits per heavy atom. The van der Waals surface area contributed by atoms with E-state index in [1.54, 1.807) is 72.0 Å². The van der Waals surface area contributed by atoms with Gasteiger partial charge in [-0.2, -0.15) is 13.2 Å². The predicted octanol–water partition coefficient (Wildman–Crippen LogP) is 6.55. The van der Waals surface area contributed by atoms with Crippen molar-refractivity contribution in [1.82, 2.24) is 30.4 Å². The summed E-state index contributed by atoms with van der Waals surface area (Å²) in [6, 6.07) is 18.0. The molecule has 0 spiro atoms. The number of aromatic nitrogens is 2. The van der Waals surface area contributed by atoms with Crippen LogP contribution in [0.25, 0.3) is 21.8 Å². The van der Waals surface area contributed by atoms with E-state index in [1.165, 1.54) is 11.3 Å². The number of carbonyl (C=O) groups is 2. The lowest BCUT2D eigenvalue weighted by atomic mass is 9.92. The van der Waals surface area contributed by atoms with Gasteiger partial charge in [-0.25, -0.2) is 4.98 Å². The van der Waals surface area contributed by atoms with Gasteiger partial charge in [0.25, 0.3) is 0 Å². The number of aliphatic hydroxyl groups is 2. The van der Waals surface area contributed by atoms with Crippen LogP contribution < -0.4 is 15.4 Å². The van der Waals surface area contributed by atoms with Gasteiger partial charge in [0.2, 0.25) is 11.8 Å². The fraction of sp³-hybridized carbons (Fsp3) is 0.409. The van der Waals surface area contributed by atoms with Crippen LogP contribution in [-0.4, -0.2) is 106 Å². The van der Waals surface area contributed by atoms with Crippen molar-refractivity contribution < 1.29 is 42.1 Å². The van der Waals surface area contributed by atoms with Crippen LogP contribution >= 0.6 is 22.9 Å². The van der Waals surface area contributed by atoms with E-state index in [9.17, 15) is 33.0 Å². The number of halogens is 4. The number of piperazine rings is 1. The Hall–Kier alpha value is -4.84. The van der Waals surface area contributed by atoms with E-state index >= 15 is 0 Å². The molecule has 0 aliphatic carbocycles. The molecule has 0 bridgehead atoms. The first kappa shape index (κ1) is 44.2. The minimum atomic E-state index is -4.63. The molecule has 12 nitrogen and oxygen atoms in total. The van der Waals surface area contributed by atoms with Gasteiger partial charge in [-0.1, -0.05) is 41.9 Å². The molecule has 5 aromatic rings. The first-order chi connectivity index (χ1) is 29.1. The molecule has 3 aromatic heterocycles. The molecular weight excluding hydrogens is 833 g/mol. The number of β-amino-alcohol motifs (C(OH)–C–C–N with tert-alkyl or cyclic N) is 1. The third kappa shape index (κ3) is 10.6. The topological polar surface area (TPSA) is 153 Å². The van der Waals surface area contributed by atoms with Crippen LogP contribution in [0.4, 0.5) is 13.2 Å². The van der Waals surface area contributed by atoms with Crippen LogP contribution in [0, 0.1) is 12.8 Å². The summed E-state index contributed by atoms with van der Waals surface area (Å²) in [6.45, 7) is 4.88. The summed E-state index contributed by atoms with van der Waals surface area (Å²) < 4.78 is 52.0. The van der Waals surface area contributed by atoms with Crippen LogP contribution in [0.1, 0.15) is 48.2 Å². The number of carbonyl (C=O) groups excluding carboxylic acids is 2. The number of aliphatic hydroxyl groups excluding tert-OH is 2. The molecule has 7 rings (SSSR count). The number of rotatable bonds is 14. The number of nitrogens with zero attached hydrogens (tertiary/aromatic N) is 4. The highest BCUT2D eigenvalue weighted by Crippen LogP contribution is 2.38. The van der Waals surface area contributed by atoms with Crippen molar-refractivity contribution in [2.24, 2.45) is 5.92 Å². The second-order valence-corrected chi connectivity index (χ2v) is 17.5. The summed E-state index contributed by atoms with van der Waals surface area (Å²) in [6.07, 6.45) is -1.76. The van der Waals surface area contributed by atoms with Crippen LogP contribution in [0.15, 0.2) is 89.7 Å². The number of thiazole rings is 1. The molecular formula is C44H48ClF3N6O6S. The lowest BCUT2D eigenvalue weighted by Gasteiger charge is -2.47. The number of furan rings is 1. The molecule has 61 heavy (non-hydrogen) atoms. The summed E-state index contributed by atoms with van der Waals surface area (Å²) >= 11 is 7.57. The van der Waals surface area contributed by atoms with E-state index in [0.717, 1.165) is 26.6 Å². The Labute approximate surface area is 360 Å². The fourth-order valence-electron chi connectivity index (χ4n) is 7.89. The van der Waals surface area contributed by atoms with E-state index in [-0.39, 0.29) is 39.1 Å². The zero-order chi connectivity index (χ0) is 43.5. The first-order valence-electron chi connectivity index (χ1n) is 20.0. The summed E-state index contributed by atoms with van der Waals surface area (Å²) in [7, 11) is 0. The maximum absolute atomic E-state index is 14.2. The number of ether oxygens (including phenoxy) is 1. The Morgan fingerprint density at radius 2 is 1.82 bits per heavy atom. The van der Waals surface area contributed by atoms with E-state index in [2.05, 4.69) is 15.6 Å². The highest BCUT2D eigenvalue weighted by atomic mass is 35.5. The van der Waals surface area contributed by atoms with E-state index in [1.807, 2.05) is 43.9 Å². The van der Waals surface area contributed by atoms with Gasteiger partial charge in [-0.05, 0) is 74.7 Å². The first-order valence-corrected chi connectivity index (χ1v) is 21.2. The van der Waals surface area contributed by atoms with Crippen LogP contribution in [0.3, 0.4) is 0 Å². The van der Waals surface area contributed by atoms with Gasteiger partial charge >= 0.3 is 6.18 Å². The van der Waals surface area contributed by atoms with Gasteiger partial charge in [0.05, 0.1) is 22.6 Å². The summed E-state index contributed by atoms with van der Waals surface area (Å²) in [5, 5.41) is 29.1. The Bertz CT molecular complexity index is 2300. The van der Waals surface area contributed by atoms with Crippen molar-refractivity contribution >= 4 is 34.8 Å². The molecule has 0 radical (unpaired) electrons. The van der Waals surface area contributed by atoms with E-state index in [4.69, 9.17) is 25.7 Å². The monoisotopic (exact) mass is 880 g/mol. The van der Waals surface area contributed by atoms with Crippen LogP contribution in [0.5, 0.6) is 5.75 Å². The standard InChI is InChI=1S/C44H48ClF3N6O6S/c1-26-14-15-49-20-33(26)37-13-12-31(60-37)19-28(40(57)52-39-32-6-4-5-7-36(32)59-24-35(39)56)18-30(55)22-53-16-17-54(23-34(53)41(58)51-25-44(46,47)48)43(2,3)42-50-21-38(61-42)27-8-10-29(45)11-9-27/h4-15,20-21,28,30,34-35,39,55-56H,16-19,22-25H2,1-3H3,(H,51,58)(H,52,57)/t28-,30-,34-,35+,39-/m0/s1. The van der Waals surface area contributed by atoms with Crippen molar-refractivity contribution in [3.05, 3.63) is 112 Å². The van der Waals surface area contributed by atoms with Crippen molar-refractivity contribution in [1.29, 1.82) is 0 Å². The van der Waals surface area contributed by atoms with Crippen LogP contribution in [0.2, 0.25) is 5.02 Å². The third-order valence-corrected chi connectivity index (χ3v) is 12.9. The molecule has 2 aliphatic heterocycles. The average molecular weight is 881 g/mol. The highest BCUT2D eigenvalue weighted by molar-refractivity contribution is 7.15. The number of hydrogen-bond acceptors (Lipinski definition) is 11. The van der Waals surface area contributed by atoms with Gasteiger partial charge in [0.15, 0.2) is 0 Å². The number of para-hydroxylation sites is 1. The molecule has 2 amide bonds. The minimum absolute atomic E-state index is 0.0338. The molecule has 4 N–H and O–H groups in total. The predicted molar refractivity (Wildman–Crippen MR) is 225 cm³/mol. The minimum Gasteiger partial charge on any atom is -0.490 e. The zero-order valence-corrected chi connectivity index (χ0v) is 35.4. The largest absolute Gasteiger partial charge is 0.490 e. The SMILES string of the molecule is Cc1ccncc1-c1ccc(C[C@H](C[C@H](O)CN2CCN(C(C)(C)c3ncc(-c4ccc(Cl)cc4)s3)C[C@H]2C(=O)NCC(F)(F)F)C(=O)N[C@H]2c3ccccc3OC[C@H]2O)o1. The molecule has 0 saturated carbocycles. The number of pyridine rings is 1. The summed E-state index contributed by atoms with van der Waals surface area (Å²) in [4.78, 5) is 41.4. The number of benzene rings is 2. The Balaban J connectivity index is 1.10. The zero-order valence-electron chi connectivity index (χ0n) is 33.9. The van der Waals surface area contributed by atoms with E-state index in [0.29, 0.717) is 34.4 Å².